The van der Waals surface area contributed by atoms with Crippen molar-refractivity contribution in [3.05, 3.63) is 107 Å². The molecule has 3 aromatic carbocycles. The Balaban J connectivity index is 1.55. The standard InChI is InChI=1S/C26H20F4N2/c1-2-3-4-17-14-31-26(32-15-17)20-9-10-21-19(13-20)8-7-18(24(21)29)6-5-16-11-22(27)25(30)23(28)12-16/h2,7-15H,1,3-6H2. The molecule has 6 heteroatoms. The van der Waals surface area contributed by atoms with Crippen LogP contribution in [0, 0.1) is 23.3 Å². The summed E-state index contributed by atoms with van der Waals surface area (Å²) in [5, 5.41) is 1.13. The number of allylic oxidation sites excluding steroid dienone is 1. The van der Waals surface area contributed by atoms with Crippen LogP contribution in [0.3, 0.4) is 0 Å². The molecule has 0 N–H and O–H groups in total. The summed E-state index contributed by atoms with van der Waals surface area (Å²) in [7, 11) is 0. The maximum atomic E-state index is 15.1. The van der Waals surface area contributed by atoms with E-state index >= 15 is 4.39 Å². The van der Waals surface area contributed by atoms with Crippen LogP contribution in [0.1, 0.15) is 23.1 Å². The van der Waals surface area contributed by atoms with E-state index < -0.39 is 23.3 Å². The van der Waals surface area contributed by atoms with Gasteiger partial charge in [-0.1, -0.05) is 30.3 Å². The fourth-order valence-corrected chi connectivity index (χ4v) is 3.60. The van der Waals surface area contributed by atoms with Gasteiger partial charge in [0.2, 0.25) is 0 Å². The Bertz CT molecular complexity index is 1260. The Morgan fingerprint density at radius 3 is 2.16 bits per heavy atom. The predicted octanol–water partition coefficient (Wildman–Crippen LogP) is 6.76. The van der Waals surface area contributed by atoms with E-state index in [2.05, 4.69) is 16.5 Å². The molecule has 0 aliphatic heterocycles. The van der Waals surface area contributed by atoms with Gasteiger partial charge in [0.15, 0.2) is 23.3 Å². The van der Waals surface area contributed by atoms with Crippen LogP contribution in [0.2, 0.25) is 0 Å². The van der Waals surface area contributed by atoms with Crippen molar-refractivity contribution in [1.82, 2.24) is 9.97 Å². The molecule has 0 unspecified atom stereocenters. The zero-order valence-electron chi connectivity index (χ0n) is 17.2. The van der Waals surface area contributed by atoms with Crippen LogP contribution in [0.4, 0.5) is 17.6 Å². The molecule has 0 fully saturated rings. The van der Waals surface area contributed by atoms with Crippen LogP contribution in [0.5, 0.6) is 0 Å². The molecule has 1 aromatic heterocycles. The minimum Gasteiger partial charge on any atom is -0.236 e. The lowest BCUT2D eigenvalue weighted by molar-refractivity contribution is 0.445. The van der Waals surface area contributed by atoms with E-state index in [9.17, 15) is 13.2 Å². The molecule has 0 radical (unpaired) electrons. The van der Waals surface area contributed by atoms with Crippen molar-refractivity contribution in [2.45, 2.75) is 25.7 Å². The van der Waals surface area contributed by atoms with Crippen molar-refractivity contribution in [2.24, 2.45) is 0 Å². The molecule has 0 atom stereocenters. The number of aryl methyl sites for hydroxylation is 3. The third kappa shape index (κ3) is 4.54. The van der Waals surface area contributed by atoms with Gasteiger partial charge in [0.25, 0.3) is 0 Å². The van der Waals surface area contributed by atoms with E-state index in [0.717, 1.165) is 36.1 Å². The molecule has 1 heterocycles. The van der Waals surface area contributed by atoms with Gasteiger partial charge in [-0.25, -0.2) is 27.5 Å². The number of rotatable bonds is 7. The fraction of sp³-hybridized carbons (Fsp3) is 0.154. The highest BCUT2D eigenvalue weighted by Gasteiger charge is 2.13. The number of benzene rings is 3. The monoisotopic (exact) mass is 436 g/mol. The number of aromatic nitrogens is 2. The lowest BCUT2D eigenvalue weighted by Crippen LogP contribution is -1.99. The molecule has 4 rings (SSSR count). The zero-order chi connectivity index (χ0) is 22.7. The maximum absolute atomic E-state index is 15.1. The van der Waals surface area contributed by atoms with Crippen molar-refractivity contribution in [3.63, 3.8) is 0 Å². The van der Waals surface area contributed by atoms with E-state index in [4.69, 9.17) is 0 Å². The Morgan fingerprint density at radius 2 is 1.47 bits per heavy atom. The van der Waals surface area contributed by atoms with Gasteiger partial charge in [0.05, 0.1) is 0 Å². The number of hydrogen-bond donors (Lipinski definition) is 0. The fourth-order valence-electron chi connectivity index (χ4n) is 3.60. The second-order valence-corrected chi connectivity index (χ2v) is 7.59. The SMILES string of the molecule is C=CCCc1cnc(-c2ccc3c(F)c(CCc4cc(F)c(F)c(F)c4)ccc3c2)nc1. The summed E-state index contributed by atoms with van der Waals surface area (Å²) < 4.78 is 55.0. The minimum atomic E-state index is -1.50. The first-order chi connectivity index (χ1) is 15.5. The highest BCUT2D eigenvalue weighted by molar-refractivity contribution is 5.87. The lowest BCUT2D eigenvalue weighted by Gasteiger charge is -2.09. The average Bonchev–Trinajstić information content (AvgIpc) is 2.81. The van der Waals surface area contributed by atoms with E-state index in [1.807, 2.05) is 12.1 Å². The minimum absolute atomic E-state index is 0.181. The molecule has 0 bridgehead atoms. The second-order valence-electron chi connectivity index (χ2n) is 7.59. The van der Waals surface area contributed by atoms with Gasteiger partial charge < -0.3 is 0 Å². The van der Waals surface area contributed by atoms with Crippen molar-refractivity contribution in [2.75, 3.05) is 0 Å². The maximum Gasteiger partial charge on any atom is 0.194 e. The summed E-state index contributed by atoms with van der Waals surface area (Å²) in [6.45, 7) is 3.70. The smallest absolute Gasteiger partial charge is 0.194 e. The summed E-state index contributed by atoms with van der Waals surface area (Å²) in [6.07, 6.45) is 7.49. The Kier molecular flexibility index (Phi) is 6.30. The summed E-state index contributed by atoms with van der Waals surface area (Å²) in [6, 6.07) is 10.6. The van der Waals surface area contributed by atoms with Crippen LogP contribution in [-0.4, -0.2) is 9.97 Å². The van der Waals surface area contributed by atoms with Gasteiger partial charge in [-0.3, -0.25) is 0 Å². The third-order valence-corrected chi connectivity index (χ3v) is 5.36. The first-order valence-corrected chi connectivity index (χ1v) is 10.2. The lowest BCUT2D eigenvalue weighted by atomic mass is 9.99. The van der Waals surface area contributed by atoms with Crippen LogP contribution in [-0.2, 0) is 19.3 Å². The van der Waals surface area contributed by atoms with Gasteiger partial charge in [-0.15, -0.1) is 6.58 Å². The van der Waals surface area contributed by atoms with Gasteiger partial charge >= 0.3 is 0 Å². The predicted molar refractivity (Wildman–Crippen MR) is 117 cm³/mol. The third-order valence-electron chi connectivity index (χ3n) is 5.36. The van der Waals surface area contributed by atoms with Gasteiger partial charge in [-0.05, 0) is 66.0 Å². The number of fused-ring (bicyclic) bond motifs is 1. The molecular formula is C26H20F4N2. The number of hydrogen-bond acceptors (Lipinski definition) is 2. The quantitative estimate of drug-likeness (QED) is 0.182. The first kappa shape index (κ1) is 21.7. The molecule has 0 aliphatic rings. The van der Waals surface area contributed by atoms with Crippen molar-refractivity contribution in [1.29, 1.82) is 0 Å². The Hall–Kier alpha value is -3.54. The second kappa shape index (κ2) is 9.30. The van der Waals surface area contributed by atoms with E-state index in [0.29, 0.717) is 22.2 Å². The van der Waals surface area contributed by atoms with Crippen LogP contribution < -0.4 is 0 Å². The van der Waals surface area contributed by atoms with Crippen molar-refractivity contribution >= 4 is 10.8 Å². The number of halogens is 4. The van der Waals surface area contributed by atoms with Crippen molar-refractivity contribution in [3.8, 4) is 11.4 Å². The highest BCUT2D eigenvalue weighted by Crippen LogP contribution is 2.27. The van der Waals surface area contributed by atoms with Crippen LogP contribution >= 0.6 is 0 Å². The molecule has 32 heavy (non-hydrogen) atoms. The Morgan fingerprint density at radius 1 is 0.750 bits per heavy atom. The topological polar surface area (TPSA) is 25.8 Å². The molecule has 4 aromatic rings. The van der Waals surface area contributed by atoms with Gasteiger partial charge in [0.1, 0.15) is 5.82 Å². The average molecular weight is 436 g/mol. The highest BCUT2D eigenvalue weighted by atomic mass is 19.2. The van der Waals surface area contributed by atoms with E-state index in [1.54, 1.807) is 36.7 Å². The normalized spacial score (nSPS) is 11.1. The molecule has 162 valence electrons. The first-order valence-electron chi connectivity index (χ1n) is 10.2. The zero-order valence-corrected chi connectivity index (χ0v) is 17.2. The molecule has 0 amide bonds. The van der Waals surface area contributed by atoms with Gasteiger partial charge in [0, 0.05) is 23.3 Å². The molecule has 0 saturated heterocycles. The van der Waals surface area contributed by atoms with Crippen LogP contribution in [0.15, 0.2) is 67.5 Å². The summed E-state index contributed by atoms with van der Waals surface area (Å²) in [4.78, 5) is 8.81. The Labute approximate surface area is 183 Å². The van der Waals surface area contributed by atoms with Crippen LogP contribution in [0.25, 0.3) is 22.2 Å². The molecule has 0 aliphatic carbocycles. The number of nitrogens with zero attached hydrogens (tertiary/aromatic N) is 2. The summed E-state index contributed by atoms with van der Waals surface area (Å²) >= 11 is 0. The largest absolute Gasteiger partial charge is 0.236 e. The molecular weight excluding hydrogens is 416 g/mol. The molecule has 0 spiro atoms. The molecule has 2 nitrogen and oxygen atoms in total. The van der Waals surface area contributed by atoms with E-state index in [-0.39, 0.29) is 18.4 Å². The van der Waals surface area contributed by atoms with Gasteiger partial charge in [-0.2, -0.15) is 0 Å². The summed E-state index contributed by atoms with van der Waals surface area (Å²) in [5.74, 6) is -3.83. The summed E-state index contributed by atoms with van der Waals surface area (Å²) in [5.41, 5.74) is 2.48. The molecule has 0 saturated carbocycles. The van der Waals surface area contributed by atoms with E-state index in [1.165, 1.54) is 0 Å². The van der Waals surface area contributed by atoms with Crippen molar-refractivity contribution < 1.29 is 17.6 Å².